The molecule has 6 aromatic carbocycles. The van der Waals surface area contributed by atoms with Gasteiger partial charge < -0.3 is 4.57 Å². The summed E-state index contributed by atoms with van der Waals surface area (Å²) in [5.41, 5.74) is 12.3. The maximum absolute atomic E-state index is 15.0. The molecule has 2 heterocycles. The van der Waals surface area contributed by atoms with E-state index in [2.05, 4.69) is 133 Å². The number of benzene rings is 6. The van der Waals surface area contributed by atoms with Gasteiger partial charge in [-0.05, 0) is 88.0 Å². The molecule has 0 aliphatic heterocycles. The Kier molecular flexibility index (Phi) is 6.99. The van der Waals surface area contributed by atoms with Crippen molar-refractivity contribution >= 4 is 51.2 Å². The summed E-state index contributed by atoms with van der Waals surface area (Å²) in [4.78, 5) is 6.36. The maximum Gasteiger partial charge on any atom is 0.147 e. The molecule has 0 bridgehead atoms. The molecular weight excluding hydrogens is 614 g/mol. The van der Waals surface area contributed by atoms with Crippen molar-refractivity contribution < 1.29 is 4.39 Å². The monoisotopic (exact) mass is 647 g/mol. The van der Waals surface area contributed by atoms with Crippen LogP contribution in [0.2, 0.25) is 0 Å². The topological polar surface area (TPSA) is 21.1 Å². The lowest BCUT2D eigenvalue weighted by Crippen LogP contribution is -2.16. The molecule has 2 aromatic heterocycles. The summed E-state index contributed by atoms with van der Waals surface area (Å²) in [5, 5.41) is 2.55. The minimum absolute atomic E-state index is 0.210. The molecule has 1 aliphatic carbocycles. The van der Waals surface area contributed by atoms with Crippen LogP contribution in [0.15, 0.2) is 158 Å². The van der Waals surface area contributed by atoms with Crippen LogP contribution in [0, 0.1) is 5.82 Å². The third kappa shape index (κ3) is 4.75. The Morgan fingerprint density at radius 3 is 2.14 bits per heavy atom. The number of anilines is 3. The van der Waals surface area contributed by atoms with E-state index in [0.717, 1.165) is 16.8 Å². The Bertz CT molecular complexity index is 2560. The van der Waals surface area contributed by atoms with Crippen LogP contribution >= 0.6 is 0 Å². The molecule has 0 saturated carbocycles. The summed E-state index contributed by atoms with van der Waals surface area (Å²) < 4.78 is 17.4. The van der Waals surface area contributed by atoms with Gasteiger partial charge in [-0.3, -0.25) is 4.90 Å². The second-order valence-corrected chi connectivity index (χ2v) is 13.4. The van der Waals surface area contributed by atoms with Gasteiger partial charge in [-0.1, -0.05) is 123 Å². The first kappa shape index (κ1) is 29.8. The van der Waals surface area contributed by atoms with Gasteiger partial charge in [0.1, 0.15) is 11.6 Å². The zero-order valence-electron chi connectivity index (χ0n) is 27.9. The van der Waals surface area contributed by atoms with Crippen molar-refractivity contribution in [2.75, 3.05) is 4.90 Å². The van der Waals surface area contributed by atoms with Crippen LogP contribution in [-0.4, -0.2) is 9.55 Å². The molecule has 3 nitrogen and oxygen atoms in total. The molecule has 0 amide bonds. The number of halogens is 1. The molecule has 9 rings (SSSR count). The molecule has 1 aliphatic rings. The van der Waals surface area contributed by atoms with E-state index in [-0.39, 0.29) is 11.2 Å². The molecule has 0 N–H and O–H groups in total. The molecule has 0 spiro atoms. The van der Waals surface area contributed by atoms with E-state index >= 15 is 0 Å². The number of fused-ring (bicyclic) bond motifs is 7. The quantitative estimate of drug-likeness (QED) is 0.167. The van der Waals surface area contributed by atoms with Crippen molar-refractivity contribution in [1.29, 1.82) is 0 Å². The molecule has 0 fully saturated rings. The zero-order valence-corrected chi connectivity index (χ0v) is 27.9. The van der Waals surface area contributed by atoms with Gasteiger partial charge in [-0.25, -0.2) is 9.37 Å². The van der Waals surface area contributed by atoms with E-state index in [9.17, 15) is 4.39 Å². The van der Waals surface area contributed by atoms with Crippen LogP contribution in [0.4, 0.5) is 21.6 Å². The van der Waals surface area contributed by atoms with E-state index in [0.29, 0.717) is 11.5 Å². The maximum atomic E-state index is 15.0. The molecule has 0 unspecified atom stereocenters. The van der Waals surface area contributed by atoms with E-state index in [1.165, 1.54) is 55.8 Å². The third-order valence-corrected chi connectivity index (χ3v) is 10.1. The number of aromatic nitrogens is 2. The van der Waals surface area contributed by atoms with Gasteiger partial charge in [0.05, 0.1) is 16.7 Å². The first-order valence-corrected chi connectivity index (χ1v) is 17.0. The van der Waals surface area contributed by atoms with Gasteiger partial charge in [-0.15, -0.1) is 0 Å². The zero-order chi connectivity index (χ0) is 33.8. The molecule has 0 saturated heterocycles. The fourth-order valence-electron chi connectivity index (χ4n) is 7.75. The van der Waals surface area contributed by atoms with Crippen molar-refractivity contribution in [3.8, 4) is 16.8 Å². The molecule has 240 valence electrons. The Balaban J connectivity index is 1.08. The summed E-state index contributed by atoms with van der Waals surface area (Å²) in [7, 11) is 0. The summed E-state index contributed by atoms with van der Waals surface area (Å²) in [6.07, 6.45) is 6.04. The first-order chi connectivity index (χ1) is 24.5. The van der Waals surface area contributed by atoms with Crippen LogP contribution in [0.5, 0.6) is 0 Å². The summed E-state index contributed by atoms with van der Waals surface area (Å²) in [6, 6.07) is 51.5. The lowest BCUT2D eigenvalue weighted by molar-refractivity contribution is 0.628. The van der Waals surface area contributed by atoms with Crippen molar-refractivity contribution in [2.45, 2.75) is 19.3 Å². The highest BCUT2D eigenvalue weighted by molar-refractivity contribution is 6.13. The smallest absolute Gasteiger partial charge is 0.147 e. The summed E-state index contributed by atoms with van der Waals surface area (Å²) in [5.74, 6) is 0.357. The number of para-hydroxylation sites is 3. The van der Waals surface area contributed by atoms with E-state index in [1.807, 2.05) is 41.3 Å². The third-order valence-electron chi connectivity index (χ3n) is 10.1. The molecular formula is C46H34FN3. The highest BCUT2D eigenvalue weighted by Crippen LogP contribution is 2.53. The largest absolute Gasteiger partial charge is 0.309 e. The van der Waals surface area contributed by atoms with E-state index < -0.39 is 0 Å². The molecule has 8 aromatic rings. The van der Waals surface area contributed by atoms with Gasteiger partial charge >= 0.3 is 0 Å². The lowest BCUT2D eigenvalue weighted by atomic mass is 9.81. The predicted octanol–water partition coefficient (Wildman–Crippen LogP) is 12.3. The number of pyridine rings is 1. The van der Waals surface area contributed by atoms with Crippen LogP contribution in [0.1, 0.15) is 36.1 Å². The number of nitrogens with zero attached hydrogens (tertiary/aromatic N) is 3. The Morgan fingerprint density at radius 2 is 1.34 bits per heavy atom. The lowest BCUT2D eigenvalue weighted by Gasteiger charge is -2.24. The normalized spacial score (nSPS) is 13.2. The van der Waals surface area contributed by atoms with Crippen molar-refractivity contribution in [2.24, 2.45) is 0 Å². The van der Waals surface area contributed by atoms with Crippen LogP contribution in [-0.2, 0) is 5.41 Å². The van der Waals surface area contributed by atoms with Gasteiger partial charge in [0.25, 0.3) is 0 Å². The first-order valence-electron chi connectivity index (χ1n) is 17.0. The van der Waals surface area contributed by atoms with Gasteiger partial charge in [0.2, 0.25) is 0 Å². The highest BCUT2D eigenvalue weighted by Gasteiger charge is 2.38. The fourth-order valence-corrected chi connectivity index (χ4v) is 7.75. The van der Waals surface area contributed by atoms with Crippen molar-refractivity contribution in [3.63, 3.8) is 0 Å². The Labute approximate surface area is 291 Å². The molecule has 4 heteroatoms. The second-order valence-electron chi connectivity index (χ2n) is 13.4. The number of hydrogen-bond acceptors (Lipinski definition) is 2. The summed E-state index contributed by atoms with van der Waals surface area (Å²) >= 11 is 0. The van der Waals surface area contributed by atoms with E-state index in [4.69, 9.17) is 0 Å². The highest BCUT2D eigenvalue weighted by atomic mass is 19.1. The minimum atomic E-state index is -0.300. The molecule has 50 heavy (non-hydrogen) atoms. The average Bonchev–Trinajstić information content (AvgIpc) is 3.61. The Hall–Kier alpha value is -6.26. The van der Waals surface area contributed by atoms with Crippen LogP contribution in [0.25, 0.3) is 50.8 Å². The average molecular weight is 648 g/mol. The second kappa shape index (κ2) is 11.7. The van der Waals surface area contributed by atoms with Gasteiger partial charge in [0.15, 0.2) is 0 Å². The SMILES string of the molecule is CC1(C)c2cc(/C=C/c3ccc(N(c4ccccn4)c4ccccc4F)cc3)ccc2-c2ccc3c4ccccc4n(-c4ccccc4)c3c21. The van der Waals surface area contributed by atoms with Crippen molar-refractivity contribution in [3.05, 3.63) is 186 Å². The van der Waals surface area contributed by atoms with Crippen LogP contribution in [0.3, 0.4) is 0 Å². The predicted molar refractivity (Wildman–Crippen MR) is 206 cm³/mol. The Morgan fingerprint density at radius 1 is 0.640 bits per heavy atom. The molecule has 0 atom stereocenters. The number of hydrogen-bond donors (Lipinski definition) is 0. The summed E-state index contributed by atoms with van der Waals surface area (Å²) in [6.45, 7) is 4.72. The van der Waals surface area contributed by atoms with E-state index in [1.54, 1.807) is 18.3 Å². The van der Waals surface area contributed by atoms with Gasteiger partial charge in [-0.2, -0.15) is 0 Å². The standard InChI is InChI=1S/C46H34FN3/c1-46(2)39-30-32(20-19-31-21-24-34(25-22-31)49(43-18-10-11-29-48-43)42-17-9-7-15-40(42)47)23-26-35(39)37-27-28-38-36-14-6-8-16-41(36)50(45(38)44(37)46)33-12-4-3-5-13-33/h3-30H,1-2H3/b20-19+. The number of rotatable bonds is 6. The van der Waals surface area contributed by atoms with Gasteiger partial charge in [0, 0.05) is 33.8 Å². The van der Waals surface area contributed by atoms with Crippen LogP contribution < -0.4 is 4.90 Å². The minimum Gasteiger partial charge on any atom is -0.309 e. The fraction of sp³-hybridized carbons (Fsp3) is 0.0652. The molecule has 0 radical (unpaired) electrons. The van der Waals surface area contributed by atoms with Crippen molar-refractivity contribution in [1.82, 2.24) is 9.55 Å².